The van der Waals surface area contributed by atoms with Crippen LogP contribution in [-0.4, -0.2) is 30.1 Å². The highest BCUT2D eigenvalue weighted by molar-refractivity contribution is 5.15. The number of hydrogen-bond donors (Lipinski definition) is 1. The smallest absolute Gasteiger partial charge is 0.0306 e. The highest BCUT2D eigenvalue weighted by atomic mass is 15.2. The van der Waals surface area contributed by atoms with E-state index < -0.39 is 0 Å². The summed E-state index contributed by atoms with van der Waals surface area (Å²) >= 11 is 0. The molecule has 2 heteroatoms. The van der Waals surface area contributed by atoms with Crippen molar-refractivity contribution in [3.63, 3.8) is 0 Å². The van der Waals surface area contributed by atoms with Gasteiger partial charge in [-0.15, -0.1) is 0 Å². The van der Waals surface area contributed by atoms with E-state index in [0.29, 0.717) is 5.41 Å². The maximum atomic E-state index is 6.13. The lowest BCUT2D eigenvalue weighted by atomic mass is 9.80. The second-order valence-electron chi connectivity index (χ2n) is 7.34. The predicted molar refractivity (Wildman–Crippen MR) is 86.8 cm³/mol. The van der Waals surface area contributed by atoms with Crippen molar-refractivity contribution in [3.05, 3.63) is 35.9 Å². The van der Waals surface area contributed by atoms with Gasteiger partial charge in [0.2, 0.25) is 0 Å². The Balaban J connectivity index is 1.95. The van der Waals surface area contributed by atoms with Gasteiger partial charge in [-0.1, -0.05) is 44.2 Å². The Labute approximate surface area is 124 Å². The van der Waals surface area contributed by atoms with E-state index in [0.717, 1.165) is 19.4 Å². The van der Waals surface area contributed by atoms with Crippen molar-refractivity contribution < 1.29 is 0 Å². The summed E-state index contributed by atoms with van der Waals surface area (Å²) in [6, 6.07) is 10.8. The summed E-state index contributed by atoms with van der Waals surface area (Å²) in [5.74, 6) is 0. The number of likely N-dealkylation sites (tertiary alicyclic amines) is 1. The number of rotatable bonds is 5. The van der Waals surface area contributed by atoms with Crippen LogP contribution < -0.4 is 5.73 Å². The molecule has 1 fully saturated rings. The van der Waals surface area contributed by atoms with Crippen molar-refractivity contribution in [1.82, 2.24) is 4.90 Å². The molecule has 1 atom stereocenters. The van der Waals surface area contributed by atoms with Crippen molar-refractivity contribution in [2.24, 2.45) is 11.1 Å². The van der Waals surface area contributed by atoms with E-state index in [9.17, 15) is 0 Å². The molecule has 1 heterocycles. The van der Waals surface area contributed by atoms with Gasteiger partial charge >= 0.3 is 0 Å². The number of piperidine rings is 1. The van der Waals surface area contributed by atoms with Crippen LogP contribution in [0, 0.1) is 5.41 Å². The van der Waals surface area contributed by atoms with Crippen LogP contribution in [0.1, 0.15) is 45.6 Å². The molecule has 0 bridgehead atoms. The Morgan fingerprint density at radius 1 is 1.15 bits per heavy atom. The quantitative estimate of drug-likeness (QED) is 0.891. The van der Waals surface area contributed by atoms with Crippen molar-refractivity contribution in [2.45, 2.75) is 52.0 Å². The number of hydrogen-bond acceptors (Lipinski definition) is 2. The fourth-order valence-electron chi connectivity index (χ4n) is 3.10. The summed E-state index contributed by atoms with van der Waals surface area (Å²) in [6.45, 7) is 10.2. The van der Waals surface area contributed by atoms with Crippen LogP contribution in [0.25, 0.3) is 0 Å². The van der Waals surface area contributed by atoms with E-state index in [4.69, 9.17) is 5.73 Å². The molecule has 0 aromatic heterocycles. The predicted octanol–water partition coefficient (Wildman–Crippen LogP) is 3.46. The van der Waals surface area contributed by atoms with Gasteiger partial charge in [0.25, 0.3) is 0 Å². The molecule has 1 aliphatic heterocycles. The number of benzene rings is 1. The molecule has 1 aromatic carbocycles. The monoisotopic (exact) mass is 274 g/mol. The third-order valence-corrected chi connectivity index (χ3v) is 5.12. The SMILES string of the molecule is CC1(C)CCN(C(C)(CN)CCc2ccccc2)CC1. The average molecular weight is 274 g/mol. The van der Waals surface area contributed by atoms with Crippen LogP contribution >= 0.6 is 0 Å². The van der Waals surface area contributed by atoms with Gasteiger partial charge < -0.3 is 5.73 Å². The Morgan fingerprint density at radius 3 is 2.30 bits per heavy atom. The van der Waals surface area contributed by atoms with Gasteiger partial charge in [-0.3, -0.25) is 4.90 Å². The third-order valence-electron chi connectivity index (χ3n) is 5.12. The molecule has 1 saturated heterocycles. The normalized spacial score (nSPS) is 22.4. The van der Waals surface area contributed by atoms with E-state index in [2.05, 4.69) is 56.0 Å². The average Bonchev–Trinajstić information content (AvgIpc) is 2.46. The fourth-order valence-corrected chi connectivity index (χ4v) is 3.10. The van der Waals surface area contributed by atoms with Gasteiger partial charge in [0.15, 0.2) is 0 Å². The van der Waals surface area contributed by atoms with Gasteiger partial charge in [0.1, 0.15) is 0 Å². The Bertz CT molecular complexity index is 403. The topological polar surface area (TPSA) is 29.3 Å². The molecule has 1 aliphatic rings. The molecule has 0 amide bonds. The van der Waals surface area contributed by atoms with Gasteiger partial charge in [0, 0.05) is 12.1 Å². The molecule has 0 aliphatic carbocycles. The zero-order valence-corrected chi connectivity index (χ0v) is 13.4. The maximum absolute atomic E-state index is 6.13. The third kappa shape index (κ3) is 3.83. The maximum Gasteiger partial charge on any atom is 0.0306 e. The standard InChI is InChI=1S/C18H30N2/c1-17(2)11-13-20(14-12-17)18(3,15-19)10-9-16-7-5-4-6-8-16/h4-8H,9-15,19H2,1-3H3. The molecule has 20 heavy (non-hydrogen) atoms. The first kappa shape index (κ1) is 15.5. The molecule has 2 rings (SSSR count). The van der Waals surface area contributed by atoms with E-state index in [1.54, 1.807) is 0 Å². The van der Waals surface area contributed by atoms with E-state index in [-0.39, 0.29) is 5.54 Å². The molecule has 0 saturated carbocycles. The van der Waals surface area contributed by atoms with Crippen molar-refractivity contribution >= 4 is 0 Å². The minimum atomic E-state index is 0.145. The van der Waals surface area contributed by atoms with Crippen molar-refractivity contribution in [1.29, 1.82) is 0 Å². The molecule has 0 radical (unpaired) electrons. The van der Waals surface area contributed by atoms with Gasteiger partial charge in [-0.2, -0.15) is 0 Å². The largest absolute Gasteiger partial charge is 0.329 e. The number of nitrogens with zero attached hydrogens (tertiary/aromatic N) is 1. The van der Waals surface area contributed by atoms with Gasteiger partial charge in [0.05, 0.1) is 0 Å². The molecule has 1 aromatic rings. The minimum Gasteiger partial charge on any atom is -0.329 e. The van der Waals surface area contributed by atoms with Gasteiger partial charge in [-0.25, -0.2) is 0 Å². The lowest BCUT2D eigenvalue weighted by Crippen LogP contribution is -2.55. The van der Waals surface area contributed by atoms with Crippen LogP contribution in [0.2, 0.25) is 0 Å². The zero-order chi connectivity index (χ0) is 14.6. The number of nitrogens with two attached hydrogens (primary N) is 1. The zero-order valence-electron chi connectivity index (χ0n) is 13.4. The van der Waals surface area contributed by atoms with E-state index in [1.165, 1.54) is 31.5 Å². The molecule has 112 valence electrons. The highest BCUT2D eigenvalue weighted by Gasteiger charge is 2.35. The molecule has 1 unspecified atom stereocenters. The fraction of sp³-hybridized carbons (Fsp3) is 0.667. The van der Waals surface area contributed by atoms with Crippen LogP contribution in [0.3, 0.4) is 0 Å². The van der Waals surface area contributed by atoms with Crippen LogP contribution in [-0.2, 0) is 6.42 Å². The minimum absolute atomic E-state index is 0.145. The molecule has 0 spiro atoms. The van der Waals surface area contributed by atoms with Crippen molar-refractivity contribution in [2.75, 3.05) is 19.6 Å². The summed E-state index contributed by atoms with van der Waals surface area (Å²) in [4.78, 5) is 2.63. The lowest BCUT2D eigenvalue weighted by molar-refractivity contribution is 0.0380. The molecule has 2 nitrogen and oxygen atoms in total. The van der Waals surface area contributed by atoms with E-state index >= 15 is 0 Å². The van der Waals surface area contributed by atoms with Crippen molar-refractivity contribution in [3.8, 4) is 0 Å². The first-order chi connectivity index (χ1) is 9.45. The molecular weight excluding hydrogens is 244 g/mol. The second kappa shape index (κ2) is 6.28. The Hall–Kier alpha value is -0.860. The van der Waals surface area contributed by atoms with Crippen LogP contribution in [0.15, 0.2) is 30.3 Å². The van der Waals surface area contributed by atoms with E-state index in [1.807, 2.05) is 0 Å². The summed E-state index contributed by atoms with van der Waals surface area (Å²) in [6.07, 6.45) is 4.84. The molecular formula is C18H30N2. The first-order valence-corrected chi connectivity index (χ1v) is 7.94. The van der Waals surface area contributed by atoms with Crippen LogP contribution in [0.5, 0.6) is 0 Å². The highest BCUT2D eigenvalue weighted by Crippen LogP contribution is 2.34. The second-order valence-corrected chi connectivity index (χ2v) is 7.34. The summed E-state index contributed by atoms with van der Waals surface area (Å²) in [5.41, 5.74) is 8.20. The first-order valence-electron chi connectivity index (χ1n) is 7.94. The number of aryl methyl sites for hydroxylation is 1. The summed E-state index contributed by atoms with van der Waals surface area (Å²) in [7, 11) is 0. The molecule has 2 N–H and O–H groups in total. The Morgan fingerprint density at radius 2 is 1.75 bits per heavy atom. The summed E-state index contributed by atoms with van der Waals surface area (Å²) in [5, 5.41) is 0. The summed E-state index contributed by atoms with van der Waals surface area (Å²) < 4.78 is 0. The van der Waals surface area contributed by atoms with Gasteiger partial charge in [-0.05, 0) is 56.7 Å². The Kier molecular flexibility index (Phi) is 4.87. The van der Waals surface area contributed by atoms with Crippen LogP contribution in [0.4, 0.5) is 0 Å². The lowest BCUT2D eigenvalue weighted by Gasteiger charge is -2.47.